The standard InChI is InChI=1S/C8H5ClN2O/c9-5-1-2-6-7(3-5)10-4-11-8(6)12/h1-4H,(H,10,11,12)/i1D,2D,3D. The maximum atomic E-state index is 11.4. The van der Waals surface area contributed by atoms with Crippen molar-refractivity contribution in [1.82, 2.24) is 9.97 Å². The van der Waals surface area contributed by atoms with E-state index >= 15 is 0 Å². The lowest BCUT2D eigenvalue weighted by Crippen LogP contribution is -2.05. The molecule has 2 rings (SSSR count). The number of benzene rings is 1. The van der Waals surface area contributed by atoms with E-state index in [2.05, 4.69) is 9.97 Å². The van der Waals surface area contributed by atoms with Gasteiger partial charge in [-0.2, -0.15) is 0 Å². The van der Waals surface area contributed by atoms with E-state index in [-0.39, 0.29) is 34.1 Å². The van der Waals surface area contributed by atoms with E-state index < -0.39 is 5.56 Å². The Morgan fingerprint density at radius 1 is 1.58 bits per heavy atom. The third-order valence-corrected chi connectivity index (χ3v) is 1.57. The Bertz CT molecular complexity index is 611. The molecule has 60 valence electrons. The maximum Gasteiger partial charge on any atom is 0.258 e. The number of halogens is 1. The average molecular weight is 184 g/mol. The van der Waals surface area contributed by atoms with Crippen LogP contribution in [0.15, 0.2) is 29.2 Å². The largest absolute Gasteiger partial charge is 0.313 e. The van der Waals surface area contributed by atoms with Gasteiger partial charge in [0.1, 0.15) is 0 Å². The molecule has 2 aromatic rings. The van der Waals surface area contributed by atoms with E-state index in [0.29, 0.717) is 0 Å². The van der Waals surface area contributed by atoms with E-state index in [4.69, 9.17) is 15.7 Å². The van der Waals surface area contributed by atoms with Gasteiger partial charge in [0.25, 0.3) is 5.56 Å². The van der Waals surface area contributed by atoms with Gasteiger partial charge in [-0.3, -0.25) is 4.79 Å². The summed E-state index contributed by atoms with van der Waals surface area (Å²) < 4.78 is 22.6. The molecule has 0 unspecified atom stereocenters. The van der Waals surface area contributed by atoms with Crippen molar-refractivity contribution in [1.29, 1.82) is 0 Å². The van der Waals surface area contributed by atoms with Crippen LogP contribution in [0.1, 0.15) is 4.11 Å². The van der Waals surface area contributed by atoms with Crippen molar-refractivity contribution in [2.75, 3.05) is 0 Å². The summed E-state index contributed by atoms with van der Waals surface area (Å²) in [7, 11) is 0. The van der Waals surface area contributed by atoms with Gasteiger partial charge in [0.05, 0.1) is 21.3 Å². The fraction of sp³-hybridized carbons (Fsp3) is 0. The van der Waals surface area contributed by atoms with Gasteiger partial charge in [0, 0.05) is 5.02 Å². The highest BCUT2D eigenvalue weighted by Gasteiger charge is 1.97. The second-order valence-electron chi connectivity index (χ2n) is 2.14. The van der Waals surface area contributed by atoms with Crippen LogP contribution in [-0.4, -0.2) is 9.97 Å². The highest BCUT2D eigenvalue weighted by molar-refractivity contribution is 6.31. The molecule has 0 aliphatic rings. The second-order valence-corrected chi connectivity index (χ2v) is 2.52. The first kappa shape index (κ1) is 4.62. The van der Waals surface area contributed by atoms with Crippen LogP contribution in [0.2, 0.25) is 5.02 Å². The molecule has 12 heavy (non-hydrogen) atoms. The molecule has 0 radical (unpaired) electrons. The third kappa shape index (κ3) is 1.08. The average Bonchev–Trinajstić information content (AvgIpc) is 2.23. The molecular formula is C8H5ClN2O. The predicted octanol–water partition coefficient (Wildman–Crippen LogP) is 1.58. The zero-order valence-electron chi connectivity index (χ0n) is 8.81. The summed E-state index contributed by atoms with van der Waals surface area (Å²) >= 11 is 5.67. The molecule has 0 saturated heterocycles. The predicted molar refractivity (Wildman–Crippen MR) is 47.4 cm³/mol. The van der Waals surface area contributed by atoms with Crippen molar-refractivity contribution < 1.29 is 4.11 Å². The van der Waals surface area contributed by atoms with E-state index in [1.165, 1.54) is 0 Å². The van der Waals surface area contributed by atoms with Crippen LogP contribution in [0, 0.1) is 0 Å². The van der Waals surface area contributed by atoms with Crippen LogP contribution >= 0.6 is 11.6 Å². The molecule has 0 aliphatic carbocycles. The Balaban J connectivity index is 3.15. The SMILES string of the molecule is [2H]c1c(Cl)c([2H])c2nc[nH]c(=O)c2c1[2H]. The van der Waals surface area contributed by atoms with Crippen LogP contribution < -0.4 is 5.56 Å². The number of hydrogen-bond acceptors (Lipinski definition) is 2. The van der Waals surface area contributed by atoms with Crippen molar-refractivity contribution in [2.45, 2.75) is 0 Å². The van der Waals surface area contributed by atoms with Gasteiger partial charge in [-0.1, -0.05) is 11.6 Å². The monoisotopic (exact) mass is 183 g/mol. The van der Waals surface area contributed by atoms with Crippen LogP contribution in [0.25, 0.3) is 10.9 Å². The molecule has 3 nitrogen and oxygen atoms in total. The number of H-pyrrole nitrogens is 1. The Labute approximate surface area is 77.2 Å². The molecule has 1 aromatic heterocycles. The van der Waals surface area contributed by atoms with E-state index in [9.17, 15) is 4.79 Å². The molecule has 0 bridgehead atoms. The van der Waals surface area contributed by atoms with E-state index in [1.807, 2.05) is 0 Å². The highest BCUT2D eigenvalue weighted by atomic mass is 35.5. The number of rotatable bonds is 0. The maximum absolute atomic E-state index is 11.4. The van der Waals surface area contributed by atoms with Crippen molar-refractivity contribution in [3.63, 3.8) is 0 Å². The lowest BCUT2D eigenvalue weighted by Gasteiger charge is -1.94. The summed E-state index contributed by atoms with van der Waals surface area (Å²) in [5, 5.41) is -0.234. The minimum atomic E-state index is -0.538. The van der Waals surface area contributed by atoms with E-state index in [0.717, 1.165) is 6.33 Å². The van der Waals surface area contributed by atoms with Gasteiger partial charge >= 0.3 is 0 Å². The molecule has 0 aliphatic heterocycles. The Morgan fingerprint density at radius 2 is 2.42 bits per heavy atom. The molecule has 0 amide bonds. The number of aromatic amines is 1. The van der Waals surface area contributed by atoms with Crippen LogP contribution in [0.4, 0.5) is 0 Å². The number of aromatic nitrogens is 2. The number of nitrogens with one attached hydrogen (secondary N) is 1. The van der Waals surface area contributed by atoms with Crippen molar-refractivity contribution in [3.05, 3.63) is 39.8 Å². The normalized spacial score (nSPS) is 13.9. The second kappa shape index (κ2) is 2.60. The van der Waals surface area contributed by atoms with Crippen LogP contribution in [0.3, 0.4) is 0 Å². The summed E-state index contributed by atoms with van der Waals surface area (Å²) in [6.07, 6.45) is 1.14. The van der Waals surface area contributed by atoms with Gasteiger partial charge < -0.3 is 4.98 Å². The number of hydrogen-bond donors (Lipinski definition) is 1. The highest BCUT2D eigenvalue weighted by Crippen LogP contribution is 2.13. The molecule has 1 N–H and O–H groups in total. The molecule has 1 aromatic carbocycles. The summed E-state index contributed by atoms with van der Waals surface area (Å²) in [6, 6.07) is -0.827. The first-order valence-corrected chi connectivity index (χ1v) is 3.54. The van der Waals surface area contributed by atoms with Crippen molar-refractivity contribution >= 4 is 22.5 Å². The summed E-state index contributed by atoms with van der Waals surface area (Å²) in [5.41, 5.74) is -0.492. The van der Waals surface area contributed by atoms with Crippen molar-refractivity contribution in [2.24, 2.45) is 0 Å². The Kier molecular flexibility index (Phi) is 1.00. The molecule has 0 saturated carbocycles. The quantitative estimate of drug-likeness (QED) is 0.674. The van der Waals surface area contributed by atoms with Crippen LogP contribution in [0.5, 0.6) is 0 Å². The molecule has 1 heterocycles. The lowest BCUT2D eigenvalue weighted by molar-refractivity contribution is 1.17. The number of nitrogens with zero attached hydrogens (tertiary/aromatic N) is 1. The minimum Gasteiger partial charge on any atom is -0.313 e. The smallest absolute Gasteiger partial charge is 0.258 e. The zero-order chi connectivity index (χ0) is 11.2. The van der Waals surface area contributed by atoms with Gasteiger partial charge in [-0.15, -0.1) is 0 Å². The summed E-state index contributed by atoms with van der Waals surface area (Å²) in [4.78, 5) is 17.5. The van der Waals surface area contributed by atoms with Gasteiger partial charge in [-0.25, -0.2) is 4.98 Å². The van der Waals surface area contributed by atoms with E-state index in [1.54, 1.807) is 0 Å². The lowest BCUT2D eigenvalue weighted by atomic mass is 10.2. The third-order valence-electron chi connectivity index (χ3n) is 1.38. The van der Waals surface area contributed by atoms with Gasteiger partial charge in [0.2, 0.25) is 0 Å². The Morgan fingerprint density at radius 3 is 3.25 bits per heavy atom. The summed E-state index contributed by atoms with van der Waals surface area (Å²) in [5.74, 6) is 0. The van der Waals surface area contributed by atoms with Crippen molar-refractivity contribution in [3.8, 4) is 0 Å². The first-order valence-electron chi connectivity index (χ1n) is 4.66. The van der Waals surface area contributed by atoms with Gasteiger partial charge in [-0.05, 0) is 18.1 Å². The molecular weight excluding hydrogens is 176 g/mol. The molecule has 0 spiro atoms. The topological polar surface area (TPSA) is 45.8 Å². The first-order chi connectivity index (χ1) is 7.04. The van der Waals surface area contributed by atoms with Gasteiger partial charge in [0.15, 0.2) is 0 Å². The van der Waals surface area contributed by atoms with Crippen LogP contribution in [-0.2, 0) is 0 Å². The fourth-order valence-corrected chi connectivity index (χ4v) is 1.000. The fourth-order valence-electron chi connectivity index (χ4n) is 0.863. The molecule has 0 fully saturated rings. The number of fused-ring (bicyclic) bond motifs is 1. The molecule has 4 heteroatoms. The summed E-state index contributed by atoms with van der Waals surface area (Å²) in [6.45, 7) is 0. The Hall–Kier alpha value is -1.35. The minimum absolute atomic E-state index is 0.0461. The zero-order valence-corrected chi connectivity index (χ0v) is 6.57. The molecule has 0 atom stereocenters.